The van der Waals surface area contributed by atoms with E-state index >= 15 is 0 Å². The number of ether oxygens (including phenoxy) is 1. The number of carbonyl (C=O) groups excluding carboxylic acids is 1. The highest BCUT2D eigenvalue weighted by Gasteiger charge is 2.36. The highest BCUT2D eigenvalue weighted by molar-refractivity contribution is 6.31. The number of amides is 1. The standard InChI is InChI=1S/C20H19ClN2O3/c1-11-6-15(11)18-5-4-14(26-18)8-13(10-22)20(24)23-17-7-12(2)16(21)9-19(17)25-3/h4-5,7-9,11,15H,6H2,1-3H3,(H,23,24)/b13-8+/t11-,15+/m0/s1. The minimum Gasteiger partial charge on any atom is -0.495 e. The van der Waals surface area contributed by atoms with Crippen LogP contribution < -0.4 is 10.1 Å². The third-order valence-electron chi connectivity index (χ3n) is 4.50. The molecule has 1 aromatic heterocycles. The molecule has 1 aliphatic carbocycles. The van der Waals surface area contributed by atoms with Crippen molar-refractivity contribution < 1.29 is 13.9 Å². The fourth-order valence-electron chi connectivity index (χ4n) is 2.77. The van der Waals surface area contributed by atoms with Crippen molar-refractivity contribution in [2.24, 2.45) is 5.92 Å². The molecule has 134 valence electrons. The van der Waals surface area contributed by atoms with E-state index < -0.39 is 5.91 Å². The van der Waals surface area contributed by atoms with E-state index in [-0.39, 0.29) is 5.57 Å². The molecule has 1 N–H and O–H groups in total. The molecule has 1 amide bonds. The van der Waals surface area contributed by atoms with Crippen LogP contribution in [0.1, 0.15) is 36.3 Å². The first-order chi connectivity index (χ1) is 12.4. The zero-order valence-corrected chi connectivity index (χ0v) is 15.6. The van der Waals surface area contributed by atoms with Gasteiger partial charge in [0.1, 0.15) is 28.9 Å². The first-order valence-electron chi connectivity index (χ1n) is 8.30. The minimum atomic E-state index is -0.537. The van der Waals surface area contributed by atoms with Gasteiger partial charge in [0, 0.05) is 23.1 Å². The van der Waals surface area contributed by atoms with Crippen LogP contribution in [0.5, 0.6) is 5.75 Å². The Labute approximate surface area is 157 Å². The lowest BCUT2D eigenvalue weighted by molar-refractivity contribution is -0.112. The van der Waals surface area contributed by atoms with Gasteiger partial charge in [-0.3, -0.25) is 4.79 Å². The lowest BCUT2D eigenvalue weighted by Crippen LogP contribution is -2.14. The molecule has 0 aliphatic heterocycles. The predicted molar refractivity (Wildman–Crippen MR) is 100 cm³/mol. The van der Waals surface area contributed by atoms with E-state index in [4.69, 9.17) is 20.8 Å². The number of methoxy groups -OCH3 is 1. The van der Waals surface area contributed by atoms with Crippen LogP contribution in [0.2, 0.25) is 5.02 Å². The van der Waals surface area contributed by atoms with Gasteiger partial charge in [0.15, 0.2) is 0 Å². The van der Waals surface area contributed by atoms with Crippen LogP contribution in [-0.4, -0.2) is 13.0 Å². The second kappa shape index (κ2) is 7.27. The number of halogens is 1. The van der Waals surface area contributed by atoms with Crippen molar-refractivity contribution in [1.82, 2.24) is 0 Å². The summed E-state index contributed by atoms with van der Waals surface area (Å²) in [5.74, 6) is 2.34. The van der Waals surface area contributed by atoms with Gasteiger partial charge in [-0.25, -0.2) is 0 Å². The first-order valence-corrected chi connectivity index (χ1v) is 8.67. The second-order valence-electron chi connectivity index (χ2n) is 6.49. The summed E-state index contributed by atoms with van der Waals surface area (Å²) in [6.45, 7) is 3.99. The van der Waals surface area contributed by atoms with Crippen LogP contribution in [0.4, 0.5) is 5.69 Å². The van der Waals surface area contributed by atoms with E-state index in [2.05, 4.69) is 12.2 Å². The molecule has 5 nitrogen and oxygen atoms in total. The number of rotatable bonds is 5. The SMILES string of the molecule is COc1cc(Cl)c(C)cc1NC(=O)/C(C#N)=C/c1ccc([C@@H]2C[C@@H]2C)o1. The Hall–Kier alpha value is -2.71. The van der Waals surface area contributed by atoms with E-state index in [1.54, 1.807) is 18.2 Å². The van der Waals surface area contributed by atoms with Crippen molar-refractivity contribution in [1.29, 1.82) is 5.26 Å². The molecule has 0 spiro atoms. The van der Waals surface area contributed by atoms with E-state index in [0.717, 1.165) is 17.7 Å². The van der Waals surface area contributed by atoms with Crippen molar-refractivity contribution in [3.8, 4) is 11.8 Å². The molecule has 1 fully saturated rings. The molecule has 1 aliphatic rings. The minimum absolute atomic E-state index is 0.0515. The number of carbonyl (C=O) groups is 1. The van der Waals surface area contributed by atoms with Crippen LogP contribution in [0.3, 0.4) is 0 Å². The van der Waals surface area contributed by atoms with Crippen molar-refractivity contribution in [2.75, 3.05) is 12.4 Å². The first kappa shape index (κ1) is 18.1. The van der Waals surface area contributed by atoms with Crippen molar-refractivity contribution >= 4 is 29.3 Å². The quantitative estimate of drug-likeness (QED) is 0.598. The van der Waals surface area contributed by atoms with Gasteiger partial charge in [-0.05, 0) is 43.0 Å². The van der Waals surface area contributed by atoms with E-state index in [1.165, 1.54) is 13.2 Å². The maximum atomic E-state index is 12.5. The molecule has 0 saturated heterocycles. The molecule has 2 atom stereocenters. The molecule has 1 aromatic carbocycles. The lowest BCUT2D eigenvalue weighted by atomic mass is 10.1. The Kier molecular flexibility index (Phi) is 5.06. The highest BCUT2D eigenvalue weighted by atomic mass is 35.5. The number of nitriles is 1. The van der Waals surface area contributed by atoms with Crippen molar-refractivity contribution in [3.63, 3.8) is 0 Å². The largest absolute Gasteiger partial charge is 0.495 e. The number of nitrogens with one attached hydrogen (secondary N) is 1. The number of benzene rings is 1. The van der Waals surface area contributed by atoms with E-state index in [1.807, 2.05) is 19.1 Å². The van der Waals surface area contributed by atoms with Gasteiger partial charge in [-0.2, -0.15) is 5.26 Å². The number of nitrogens with zero attached hydrogens (tertiary/aromatic N) is 1. The summed E-state index contributed by atoms with van der Waals surface area (Å²) in [6.07, 6.45) is 2.55. The number of hydrogen-bond donors (Lipinski definition) is 1. The molecule has 6 heteroatoms. The van der Waals surface area contributed by atoms with Gasteiger partial charge in [-0.1, -0.05) is 18.5 Å². The van der Waals surface area contributed by atoms with Crippen LogP contribution >= 0.6 is 11.6 Å². The molecule has 1 heterocycles. The van der Waals surface area contributed by atoms with Crippen LogP contribution in [0.25, 0.3) is 6.08 Å². The maximum absolute atomic E-state index is 12.5. The monoisotopic (exact) mass is 370 g/mol. The van der Waals surface area contributed by atoms with E-state index in [0.29, 0.717) is 34.1 Å². The molecule has 3 rings (SSSR count). The highest BCUT2D eigenvalue weighted by Crippen LogP contribution is 2.47. The summed E-state index contributed by atoms with van der Waals surface area (Å²) < 4.78 is 11.0. The third-order valence-corrected chi connectivity index (χ3v) is 4.91. The second-order valence-corrected chi connectivity index (χ2v) is 6.89. The summed E-state index contributed by atoms with van der Waals surface area (Å²) >= 11 is 6.07. The van der Waals surface area contributed by atoms with Gasteiger partial charge >= 0.3 is 0 Å². The number of anilines is 1. The number of hydrogen-bond acceptors (Lipinski definition) is 4. The Balaban J connectivity index is 1.80. The fraction of sp³-hybridized carbons (Fsp3) is 0.300. The maximum Gasteiger partial charge on any atom is 0.266 e. The Morgan fingerprint density at radius 2 is 2.19 bits per heavy atom. The summed E-state index contributed by atoms with van der Waals surface area (Å²) in [7, 11) is 1.49. The molecule has 0 bridgehead atoms. The van der Waals surface area contributed by atoms with Crippen molar-refractivity contribution in [3.05, 3.63) is 51.9 Å². The summed E-state index contributed by atoms with van der Waals surface area (Å²) in [5.41, 5.74) is 1.19. The summed E-state index contributed by atoms with van der Waals surface area (Å²) in [6, 6.07) is 8.92. The molecule has 0 unspecified atom stereocenters. The van der Waals surface area contributed by atoms with Gasteiger partial charge < -0.3 is 14.5 Å². The number of furan rings is 1. The molecular weight excluding hydrogens is 352 g/mol. The smallest absolute Gasteiger partial charge is 0.266 e. The third kappa shape index (κ3) is 3.76. The normalized spacial score (nSPS) is 19.0. The van der Waals surface area contributed by atoms with E-state index in [9.17, 15) is 10.1 Å². The van der Waals surface area contributed by atoms with Crippen LogP contribution in [-0.2, 0) is 4.79 Å². The van der Waals surface area contributed by atoms with Crippen molar-refractivity contribution in [2.45, 2.75) is 26.2 Å². The molecule has 1 saturated carbocycles. The summed E-state index contributed by atoms with van der Waals surface area (Å²) in [5, 5.41) is 12.6. The number of aryl methyl sites for hydroxylation is 1. The van der Waals surface area contributed by atoms with Gasteiger partial charge in [0.25, 0.3) is 5.91 Å². The van der Waals surface area contributed by atoms with Gasteiger partial charge in [-0.15, -0.1) is 0 Å². The zero-order valence-electron chi connectivity index (χ0n) is 14.8. The molecule has 2 aromatic rings. The summed E-state index contributed by atoms with van der Waals surface area (Å²) in [4.78, 5) is 12.5. The van der Waals surface area contributed by atoms with Crippen LogP contribution in [0, 0.1) is 24.2 Å². The molecule has 26 heavy (non-hydrogen) atoms. The Morgan fingerprint density at radius 1 is 1.46 bits per heavy atom. The lowest BCUT2D eigenvalue weighted by Gasteiger charge is -2.11. The average Bonchev–Trinajstić information content (AvgIpc) is 3.16. The topological polar surface area (TPSA) is 75.3 Å². The van der Waals surface area contributed by atoms with Gasteiger partial charge in [0.2, 0.25) is 0 Å². The van der Waals surface area contributed by atoms with Gasteiger partial charge in [0.05, 0.1) is 12.8 Å². The van der Waals surface area contributed by atoms with Crippen LogP contribution in [0.15, 0.2) is 34.3 Å². The molecular formula is C20H19ClN2O3. The Bertz CT molecular complexity index is 924. The fourth-order valence-corrected chi connectivity index (χ4v) is 2.93. The molecule has 0 radical (unpaired) electrons. The predicted octanol–water partition coefficient (Wildman–Crippen LogP) is 4.92. The Morgan fingerprint density at radius 3 is 2.81 bits per heavy atom. The zero-order chi connectivity index (χ0) is 18.8. The average molecular weight is 371 g/mol.